The van der Waals surface area contributed by atoms with Crippen molar-refractivity contribution in [1.29, 1.82) is 0 Å². The van der Waals surface area contributed by atoms with Crippen LogP contribution in [-0.4, -0.2) is 15.3 Å². The maximum absolute atomic E-state index is 13.2. The van der Waals surface area contributed by atoms with E-state index in [9.17, 15) is 9.50 Å². The largest absolute Gasteiger partial charge is 0.505 e. The van der Waals surface area contributed by atoms with E-state index in [1.54, 1.807) is 18.3 Å². The maximum Gasteiger partial charge on any atom is 0.165 e. The monoisotopic (exact) mass is 257 g/mol. The van der Waals surface area contributed by atoms with E-state index >= 15 is 0 Å². The van der Waals surface area contributed by atoms with Crippen LogP contribution in [0.15, 0.2) is 42.6 Å². The molecule has 0 aliphatic rings. The van der Waals surface area contributed by atoms with Crippen molar-refractivity contribution < 1.29 is 9.50 Å². The first-order valence-electron chi connectivity index (χ1n) is 5.87. The fourth-order valence-electron chi connectivity index (χ4n) is 1.95. The highest BCUT2D eigenvalue weighted by atomic mass is 19.1. The number of aromatic nitrogens is 2. The zero-order chi connectivity index (χ0) is 13.2. The SMILES string of the molecule is Oc1c(F)cccc1CNc1ccc2[nH]ncc2c1. The van der Waals surface area contributed by atoms with E-state index in [0.29, 0.717) is 12.1 Å². The van der Waals surface area contributed by atoms with Gasteiger partial charge in [-0.25, -0.2) is 4.39 Å². The van der Waals surface area contributed by atoms with Crippen molar-refractivity contribution in [3.05, 3.63) is 54.0 Å². The van der Waals surface area contributed by atoms with Crippen LogP contribution in [0.1, 0.15) is 5.56 Å². The second kappa shape index (κ2) is 4.61. The van der Waals surface area contributed by atoms with Crippen molar-refractivity contribution in [1.82, 2.24) is 10.2 Å². The molecule has 0 aliphatic carbocycles. The number of nitrogens with zero attached hydrogens (tertiary/aromatic N) is 1. The highest BCUT2D eigenvalue weighted by molar-refractivity contribution is 5.81. The van der Waals surface area contributed by atoms with Gasteiger partial charge in [0.25, 0.3) is 0 Å². The second-order valence-electron chi connectivity index (χ2n) is 4.27. The minimum absolute atomic E-state index is 0.306. The van der Waals surface area contributed by atoms with Gasteiger partial charge in [-0.05, 0) is 24.3 Å². The Morgan fingerprint density at radius 3 is 3.05 bits per heavy atom. The molecule has 5 heteroatoms. The van der Waals surface area contributed by atoms with Crippen molar-refractivity contribution >= 4 is 16.6 Å². The summed E-state index contributed by atoms with van der Waals surface area (Å²) in [6.45, 7) is 0.354. The third-order valence-electron chi connectivity index (χ3n) is 2.99. The number of para-hydroxylation sites is 1. The number of anilines is 1. The van der Waals surface area contributed by atoms with E-state index in [-0.39, 0.29) is 5.75 Å². The molecule has 0 radical (unpaired) electrons. The standard InChI is InChI=1S/C14H12FN3O/c15-12-3-1-2-9(14(12)19)7-16-11-4-5-13-10(6-11)8-17-18-13/h1-6,8,16,19H,7H2,(H,17,18). The van der Waals surface area contributed by atoms with E-state index in [0.717, 1.165) is 16.6 Å². The molecule has 1 heterocycles. The molecule has 3 N–H and O–H groups in total. The van der Waals surface area contributed by atoms with Crippen LogP contribution in [0.5, 0.6) is 5.75 Å². The lowest BCUT2D eigenvalue weighted by atomic mass is 10.2. The summed E-state index contributed by atoms with van der Waals surface area (Å²) in [7, 11) is 0. The number of halogens is 1. The Labute approximate surface area is 108 Å². The molecule has 0 unspecified atom stereocenters. The number of phenols is 1. The third-order valence-corrected chi connectivity index (χ3v) is 2.99. The summed E-state index contributed by atoms with van der Waals surface area (Å²) in [6, 6.07) is 10.2. The van der Waals surface area contributed by atoms with Gasteiger partial charge in [-0.15, -0.1) is 0 Å². The van der Waals surface area contributed by atoms with Crippen molar-refractivity contribution in [2.45, 2.75) is 6.54 Å². The van der Waals surface area contributed by atoms with Crippen LogP contribution in [0.4, 0.5) is 10.1 Å². The summed E-state index contributed by atoms with van der Waals surface area (Å²) < 4.78 is 13.2. The number of nitrogens with one attached hydrogen (secondary N) is 2. The summed E-state index contributed by atoms with van der Waals surface area (Å²) in [5.74, 6) is -0.913. The average Bonchev–Trinajstić information content (AvgIpc) is 2.88. The quantitative estimate of drug-likeness (QED) is 0.676. The number of hydrogen-bond acceptors (Lipinski definition) is 3. The van der Waals surface area contributed by atoms with Crippen LogP contribution in [0.2, 0.25) is 0 Å². The van der Waals surface area contributed by atoms with Gasteiger partial charge in [0.1, 0.15) is 0 Å². The highest BCUT2D eigenvalue weighted by Gasteiger charge is 2.06. The molecule has 0 fully saturated rings. The van der Waals surface area contributed by atoms with E-state index in [1.807, 2.05) is 18.2 Å². The van der Waals surface area contributed by atoms with E-state index in [4.69, 9.17) is 0 Å². The molecule has 2 aromatic carbocycles. The summed E-state index contributed by atoms with van der Waals surface area (Å²) in [5.41, 5.74) is 2.36. The molecule has 1 aromatic heterocycles. The molecule has 0 saturated carbocycles. The molecular formula is C14H12FN3O. The number of H-pyrrole nitrogens is 1. The number of benzene rings is 2. The van der Waals surface area contributed by atoms with E-state index < -0.39 is 5.82 Å². The van der Waals surface area contributed by atoms with Gasteiger partial charge in [-0.2, -0.15) is 5.10 Å². The number of rotatable bonds is 3. The molecule has 0 bridgehead atoms. The minimum Gasteiger partial charge on any atom is -0.505 e. The Morgan fingerprint density at radius 2 is 2.16 bits per heavy atom. The lowest BCUT2D eigenvalue weighted by molar-refractivity contribution is 0.427. The first-order chi connectivity index (χ1) is 9.24. The molecule has 4 nitrogen and oxygen atoms in total. The van der Waals surface area contributed by atoms with Crippen molar-refractivity contribution in [3.8, 4) is 5.75 Å². The fourth-order valence-corrected chi connectivity index (χ4v) is 1.95. The van der Waals surface area contributed by atoms with Gasteiger partial charge in [0.2, 0.25) is 0 Å². The molecule has 19 heavy (non-hydrogen) atoms. The molecule has 0 spiro atoms. The Bertz CT molecular complexity index is 724. The predicted molar refractivity (Wildman–Crippen MR) is 71.5 cm³/mol. The molecule has 3 rings (SSSR count). The number of aromatic amines is 1. The van der Waals surface area contributed by atoms with E-state index in [1.165, 1.54) is 6.07 Å². The first-order valence-corrected chi connectivity index (χ1v) is 5.87. The highest BCUT2D eigenvalue weighted by Crippen LogP contribution is 2.22. The number of hydrogen-bond donors (Lipinski definition) is 3. The van der Waals surface area contributed by atoms with Crippen LogP contribution in [0.25, 0.3) is 10.9 Å². The Kier molecular flexibility index (Phi) is 2.79. The lowest BCUT2D eigenvalue weighted by Crippen LogP contribution is -2.00. The van der Waals surface area contributed by atoms with Crippen molar-refractivity contribution in [2.75, 3.05) is 5.32 Å². The average molecular weight is 257 g/mol. The van der Waals surface area contributed by atoms with Gasteiger partial charge in [-0.3, -0.25) is 5.10 Å². The van der Waals surface area contributed by atoms with Gasteiger partial charge >= 0.3 is 0 Å². The Balaban J connectivity index is 1.80. The van der Waals surface area contributed by atoms with Crippen LogP contribution < -0.4 is 5.32 Å². The first kappa shape index (κ1) is 11.5. The minimum atomic E-state index is -0.607. The van der Waals surface area contributed by atoms with Gasteiger partial charge in [0, 0.05) is 23.2 Å². The molecule has 0 amide bonds. The van der Waals surface area contributed by atoms with Gasteiger partial charge in [0.15, 0.2) is 11.6 Å². The number of fused-ring (bicyclic) bond motifs is 1. The van der Waals surface area contributed by atoms with Crippen LogP contribution >= 0.6 is 0 Å². The maximum atomic E-state index is 13.2. The summed E-state index contributed by atoms with van der Waals surface area (Å²) >= 11 is 0. The zero-order valence-corrected chi connectivity index (χ0v) is 10.0. The summed E-state index contributed by atoms with van der Waals surface area (Å²) in [6.07, 6.45) is 1.74. The Morgan fingerprint density at radius 1 is 1.26 bits per heavy atom. The number of phenolic OH excluding ortho intramolecular Hbond substituents is 1. The van der Waals surface area contributed by atoms with Gasteiger partial charge in [-0.1, -0.05) is 12.1 Å². The van der Waals surface area contributed by atoms with Gasteiger partial charge in [0.05, 0.1) is 11.7 Å². The zero-order valence-electron chi connectivity index (χ0n) is 10.0. The topological polar surface area (TPSA) is 60.9 Å². The molecule has 0 aliphatic heterocycles. The van der Waals surface area contributed by atoms with Crippen LogP contribution in [0.3, 0.4) is 0 Å². The van der Waals surface area contributed by atoms with E-state index in [2.05, 4.69) is 15.5 Å². The summed E-state index contributed by atoms with van der Waals surface area (Å²) in [4.78, 5) is 0. The predicted octanol–water partition coefficient (Wildman–Crippen LogP) is 3.02. The van der Waals surface area contributed by atoms with Gasteiger partial charge < -0.3 is 10.4 Å². The molecule has 0 atom stereocenters. The normalized spacial score (nSPS) is 10.8. The molecule has 96 valence electrons. The molecule has 0 saturated heterocycles. The van der Waals surface area contributed by atoms with Crippen LogP contribution in [0, 0.1) is 5.82 Å². The van der Waals surface area contributed by atoms with Crippen LogP contribution in [-0.2, 0) is 6.54 Å². The smallest absolute Gasteiger partial charge is 0.165 e. The second-order valence-corrected chi connectivity index (χ2v) is 4.27. The molecule has 3 aromatic rings. The van der Waals surface area contributed by atoms with Crippen molar-refractivity contribution in [2.24, 2.45) is 0 Å². The molecular weight excluding hydrogens is 245 g/mol. The Hall–Kier alpha value is -2.56. The van der Waals surface area contributed by atoms with Crippen molar-refractivity contribution in [3.63, 3.8) is 0 Å². The fraction of sp³-hybridized carbons (Fsp3) is 0.0714. The lowest BCUT2D eigenvalue weighted by Gasteiger charge is -2.08. The summed E-state index contributed by atoms with van der Waals surface area (Å²) in [5, 5.41) is 20.5. The number of aromatic hydroxyl groups is 1. The third kappa shape index (κ3) is 2.22.